The SMILES string of the molecule is CNc1nc(COC(=N)N2CCC[C@@H]2C(F)(F)F)nc2c1C(C)(C)C(=O)N2c1cnc2c(C(C)C)cnn2c1. The number of rotatable bonds is 5. The Bertz CT molecular complexity index is 1450. The van der Waals surface area contributed by atoms with Crippen LogP contribution in [0.25, 0.3) is 5.65 Å². The van der Waals surface area contributed by atoms with Crippen molar-refractivity contribution in [3.8, 4) is 0 Å². The number of carbonyl (C=O) groups excluding carboxylic acids is 1. The van der Waals surface area contributed by atoms with Gasteiger partial charge in [-0.05, 0) is 32.6 Å². The summed E-state index contributed by atoms with van der Waals surface area (Å²) in [6, 6.07) is -2.35. The Kier molecular flexibility index (Phi) is 6.38. The molecule has 14 heteroatoms. The average Bonchev–Trinajstić information content (AvgIpc) is 3.58. The van der Waals surface area contributed by atoms with Crippen LogP contribution in [-0.2, 0) is 21.6 Å². The third-order valence-corrected chi connectivity index (χ3v) is 7.23. The van der Waals surface area contributed by atoms with Crippen molar-refractivity contribution in [2.24, 2.45) is 0 Å². The minimum absolute atomic E-state index is 0.0771. The lowest BCUT2D eigenvalue weighted by Gasteiger charge is -2.27. The predicted octanol–water partition coefficient (Wildman–Crippen LogP) is 4.12. The van der Waals surface area contributed by atoms with Crippen molar-refractivity contribution in [1.82, 2.24) is 29.5 Å². The van der Waals surface area contributed by atoms with Crippen molar-refractivity contribution < 1.29 is 22.7 Å². The van der Waals surface area contributed by atoms with Gasteiger partial charge in [0.25, 0.3) is 6.02 Å². The summed E-state index contributed by atoms with van der Waals surface area (Å²) in [7, 11) is 1.65. The molecule has 0 saturated carbocycles. The number of aromatic nitrogens is 5. The highest BCUT2D eigenvalue weighted by atomic mass is 19.4. The number of ether oxygens (including phenoxy) is 1. The van der Waals surface area contributed by atoms with Gasteiger partial charge in [0.15, 0.2) is 18.1 Å². The molecule has 5 rings (SSSR count). The number of halogens is 3. The molecule has 1 fully saturated rings. The van der Waals surface area contributed by atoms with Crippen LogP contribution in [0.15, 0.2) is 18.6 Å². The fourth-order valence-electron chi connectivity index (χ4n) is 5.17. The summed E-state index contributed by atoms with van der Waals surface area (Å²) in [5, 5.41) is 15.5. The summed E-state index contributed by atoms with van der Waals surface area (Å²) in [4.78, 5) is 29.6. The number of amides is 1. The Labute approximate surface area is 222 Å². The lowest BCUT2D eigenvalue weighted by molar-refractivity contribution is -0.169. The number of alkyl halides is 3. The molecule has 2 aliphatic heterocycles. The van der Waals surface area contributed by atoms with Crippen LogP contribution in [0, 0.1) is 5.41 Å². The summed E-state index contributed by atoms with van der Waals surface area (Å²) >= 11 is 0. The zero-order chi connectivity index (χ0) is 28.3. The lowest BCUT2D eigenvalue weighted by atomic mass is 9.87. The van der Waals surface area contributed by atoms with E-state index in [2.05, 4.69) is 25.4 Å². The number of likely N-dealkylation sites (tertiary alicyclic amines) is 1. The van der Waals surface area contributed by atoms with Crippen LogP contribution < -0.4 is 10.2 Å². The number of anilines is 3. The Morgan fingerprint density at radius 2 is 2.03 bits per heavy atom. The molecule has 5 heterocycles. The summed E-state index contributed by atoms with van der Waals surface area (Å²) in [6.45, 7) is 7.35. The van der Waals surface area contributed by atoms with Crippen LogP contribution in [0.5, 0.6) is 0 Å². The molecule has 0 spiro atoms. The van der Waals surface area contributed by atoms with Crippen LogP contribution in [-0.4, -0.2) is 67.2 Å². The Balaban J connectivity index is 1.49. The minimum Gasteiger partial charge on any atom is -0.457 e. The zero-order valence-electron chi connectivity index (χ0n) is 22.3. The van der Waals surface area contributed by atoms with Crippen molar-refractivity contribution in [3.05, 3.63) is 35.5 Å². The minimum atomic E-state index is -4.46. The molecule has 39 heavy (non-hydrogen) atoms. The summed E-state index contributed by atoms with van der Waals surface area (Å²) in [6.07, 6.45) is 0.804. The van der Waals surface area contributed by atoms with Crippen molar-refractivity contribution in [3.63, 3.8) is 0 Å². The molecule has 1 saturated heterocycles. The predicted molar refractivity (Wildman–Crippen MR) is 137 cm³/mol. The third kappa shape index (κ3) is 4.40. The van der Waals surface area contributed by atoms with E-state index < -0.39 is 23.7 Å². The highest BCUT2D eigenvalue weighted by Crippen LogP contribution is 2.47. The Hall–Kier alpha value is -3.97. The molecule has 0 radical (unpaired) electrons. The molecule has 1 amide bonds. The van der Waals surface area contributed by atoms with Gasteiger partial charge in [-0.15, -0.1) is 0 Å². The van der Waals surface area contributed by atoms with Gasteiger partial charge < -0.3 is 15.0 Å². The standard InChI is InChI=1S/C25H30F3N9O2/c1-13(2)15-10-32-36-11-14(9-31-20(15)36)37-21-18(24(3,4)22(37)38)19(30-5)33-17(34-21)12-39-23(29)35-8-6-7-16(35)25(26,27)28/h9-11,13,16,29H,6-8,12H2,1-5H3,(H,30,33,34)/t16-/m1/s1. The van der Waals surface area contributed by atoms with E-state index in [0.717, 1.165) is 10.5 Å². The Morgan fingerprint density at radius 3 is 2.69 bits per heavy atom. The normalized spacial score (nSPS) is 18.8. The Morgan fingerprint density at radius 1 is 1.28 bits per heavy atom. The van der Waals surface area contributed by atoms with Crippen molar-refractivity contribution in [2.75, 3.05) is 23.8 Å². The van der Waals surface area contributed by atoms with Crippen LogP contribution >= 0.6 is 0 Å². The molecule has 11 nitrogen and oxygen atoms in total. The fourth-order valence-corrected chi connectivity index (χ4v) is 5.17. The summed E-state index contributed by atoms with van der Waals surface area (Å²) in [5.74, 6) is 0.762. The van der Waals surface area contributed by atoms with Gasteiger partial charge in [0.2, 0.25) is 5.91 Å². The first-order valence-corrected chi connectivity index (χ1v) is 12.7. The number of nitrogens with zero attached hydrogens (tertiary/aromatic N) is 7. The molecule has 208 valence electrons. The van der Waals surface area contributed by atoms with Gasteiger partial charge in [-0.1, -0.05) is 13.8 Å². The molecule has 2 N–H and O–H groups in total. The summed E-state index contributed by atoms with van der Waals surface area (Å²) < 4.78 is 47.1. The van der Waals surface area contributed by atoms with E-state index >= 15 is 0 Å². The van der Waals surface area contributed by atoms with E-state index in [1.165, 1.54) is 4.90 Å². The molecule has 0 aliphatic carbocycles. The van der Waals surface area contributed by atoms with Crippen LogP contribution in [0.4, 0.5) is 30.5 Å². The molecule has 2 aliphatic rings. The lowest BCUT2D eigenvalue weighted by Crippen LogP contribution is -2.45. The topological polar surface area (TPSA) is 125 Å². The van der Waals surface area contributed by atoms with Gasteiger partial charge in [-0.25, -0.2) is 19.5 Å². The van der Waals surface area contributed by atoms with Gasteiger partial charge >= 0.3 is 6.18 Å². The maximum Gasteiger partial charge on any atom is 0.408 e. The van der Waals surface area contributed by atoms with Gasteiger partial charge in [0, 0.05) is 19.2 Å². The monoisotopic (exact) mass is 545 g/mol. The van der Waals surface area contributed by atoms with Gasteiger partial charge in [-0.2, -0.15) is 18.3 Å². The molecule has 1 atom stereocenters. The second-order valence-electron chi connectivity index (χ2n) is 10.5. The van der Waals surface area contributed by atoms with Crippen LogP contribution in [0.2, 0.25) is 0 Å². The maximum atomic E-state index is 13.7. The first-order chi connectivity index (χ1) is 18.3. The number of nitrogens with one attached hydrogen (secondary N) is 2. The molecule has 3 aromatic rings. The largest absolute Gasteiger partial charge is 0.457 e. The molecular weight excluding hydrogens is 515 g/mol. The van der Waals surface area contributed by atoms with E-state index in [1.54, 1.807) is 44.0 Å². The van der Waals surface area contributed by atoms with Crippen molar-refractivity contribution >= 4 is 34.9 Å². The quantitative estimate of drug-likeness (QED) is 0.363. The molecule has 3 aromatic heterocycles. The van der Waals surface area contributed by atoms with Crippen molar-refractivity contribution in [1.29, 1.82) is 5.41 Å². The molecule has 0 aromatic carbocycles. The number of fused-ring (bicyclic) bond motifs is 2. The van der Waals surface area contributed by atoms with Gasteiger partial charge in [0.05, 0.1) is 35.3 Å². The number of amidine groups is 1. The average molecular weight is 546 g/mol. The molecule has 0 bridgehead atoms. The fraction of sp³-hybridized carbons (Fsp3) is 0.520. The first kappa shape index (κ1) is 26.6. The second-order valence-corrected chi connectivity index (χ2v) is 10.5. The summed E-state index contributed by atoms with van der Waals surface area (Å²) in [5.41, 5.74) is 1.68. The van der Waals surface area contributed by atoms with E-state index in [9.17, 15) is 18.0 Å². The van der Waals surface area contributed by atoms with Gasteiger partial charge in [-0.3, -0.25) is 15.1 Å². The second kappa shape index (κ2) is 9.35. The zero-order valence-corrected chi connectivity index (χ0v) is 22.3. The van der Waals surface area contributed by atoms with Crippen LogP contribution in [0.3, 0.4) is 0 Å². The first-order valence-electron chi connectivity index (χ1n) is 12.7. The highest BCUT2D eigenvalue weighted by Gasteiger charge is 2.49. The number of hydrogen-bond donors (Lipinski definition) is 2. The molecule has 0 unspecified atom stereocenters. The van der Waals surface area contributed by atoms with Crippen molar-refractivity contribution in [2.45, 2.75) is 70.7 Å². The third-order valence-electron chi connectivity index (χ3n) is 7.23. The number of hydrogen-bond acceptors (Lipinski definition) is 8. The van der Waals surface area contributed by atoms with E-state index in [-0.39, 0.29) is 37.2 Å². The smallest absolute Gasteiger partial charge is 0.408 e. The molecular formula is C25H30F3N9O2. The highest BCUT2D eigenvalue weighted by molar-refractivity contribution is 6.12. The van der Waals surface area contributed by atoms with E-state index in [1.807, 2.05) is 13.8 Å². The number of carbonyl (C=O) groups is 1. The maximum absolute atomic E-state index is 13.7. The van der Waals surface area contributed by atoms with Gasteiger partial charge in [0.1, 0.15) is 17.7 Å². The van der Waals surface area contributed by atoms with E-state index in [0.29, 0.717) is 35.0 Å². The van der Waals surface area contributed by atoms with Crippen LogP contribution in [0.1, 0.15) is 63.4 Å². The van der Waals surface area contributed by atoms with E-state index in [4.69, 9.17) is 10.1 Å².